The Bertz CT molecular complexity index is 1020. The second kappa shape index (κ2) is 6.25. The lowest BCUT2D eigenvalue weighted by molar-refractivity contribution is 0.0974. The van der Waals surface area contributed by atoms with Crippen molar-refractivity contribution >= 4 is 28.9 Å². The number of fused-ring (bicyclic) bond motifs is 3. The van der Waals surface area contributed by atoms with Crippen molar-refractivity contribution in [1.29, 1.82) is 0 Å². The Balaban J connectivity index is 1.90. The summed E-state index contributed by atoms with van der Waals surface area (Å²) < 4.78 is 21.2. The number of ketones is 1. The summed E-state index contributed by atoms with van der Waals surface area (Å²) in [6.07, 6.45) is 2.19. The molecule has 26 heavy (non-hydrogen) atoms. The number of nitrogens with zero attached hydrogens (tertiary/aromatic N) is 4. The Morgan fingerprint density at radius 1 is 1.31 bits per heavy atom. The molecule has 3 aromatic heterocycles. The first-order valence-corrected chi connectivity index (χ1v) is 8.23. The average molecular weight is 356 g/mol. The van der Waals surface area contributed by atoms with Crippen LogP contribution in [0.25, 0.3) is 5.65 Å². The van der Waals surface area contributed by atoms with E-state index in [4.69, 9.17) is 4.74 Å². The van der Waals surface area contributed by atoms with Gasteiger partial charge in [-0.2, -0.15) is 14.6 Å². The van der Waals surface area contributed by atoms with Gasteiger partial charge >= 0.3 is 0 Å². The maximum atomic E-state index is 14.2. The third-order valence-corrected chi connectivity index (χ3v) is 4.18. The highest BCUT2D eigenvalue weighted by molar-refractivity contribution is 6.01. The Kier molecular flexibility index (Phi) is 3.90. The monoisotopic (exact) mass is 356 g/mol. The summed E-state index contributed by atoms with van der Waals surface area (Å²) >= 11 is 0. The van der Waals surface area contributed by atoms with Crippen LogP contribution in [0.1, 0.15) is 28.8 Å². The molecule has 0 saturated carbocycles. The summed E-state index contributed by atoms with van der Waals surface area (Å²) in [7, 11) is 1.75. The molecule has 134 valence electrons. The molecule has 0 aliphatic carbocycles. The summed E-state index contributed by atoms with van der Waals surface area (Å²) in [4.78, 5) is 21.2. The number of aromatic nitrogens is 4. The van der Waals surface area contributed by atoms with E-state index in [2.05, 4.69) is 25.7 Å². The van der Waals surface area contributed by atoms with E-state index in [0.717, 1.165) is 0 Å². The Hall–Kier alpha value is -3.23. The molecule has 4 bridgehead atoms. The van der Waals surface area contributed by atoms with Crippen LogP contribution in [0.15, 0.2) is 18.3 Å². The fraction of sp³-hybridized carbons (Fsp3) is 0.294. The predicted molar refractivity (Wildman–Crippen MR) is 93.8 cm³/mol. The van der Waals surface area contributed by atoms with Gasteiger partial charge in [0.25, 0.3) is 5.88 Å². The molecule has 1 aliphatic heterocycles. The van der Waals surface area contributed by atoms with E-state index >= 15 is 0 Å². The van der Waals surface area contributed by atoms with Crippen LogP contribution in [0.5, 0.6) is 5.88 Å². The van der Waals surface area contributed by atoms with Crippen molar-refractivity contribution in [2.24, 2.45) is 0 Å². The second-order valence-electron chi connectivity index (χ2n) is 6.01. The number of nitrogens with one attached hydrogen (secondary N) is 2. The number of carbonyl (C=O) groups is 1. The number of halogens is 1. The summed E-state index contributed by atoms with van der Waals surface area (Å²) in [6.45, 7) is 1.83. The number of ether oxygens (including phenoxy) is 1. The van der Waals surface area contributed by atoms with Gasteiger partial charge in [0.1, 0.15) is 17.5 Å². The average Bonchev–Trinajstić information content (AvgIpc) is 3.05. The van der Waals surface area contributed by atoms with Crippen molar-refractivity contribution in [2.75, 3.05) is 24.3 Å². The third-order valence-electron chi connectivity index (χ3n) is 4.18. The zero-order chi connectivity index (χ0) is 18.3. The first-order chi connectivity index (χ1) is 12.6. The fourth-order valence-corrected chi connectivity index (χ4v) is 2.86. The number of anilines is 3. The van der Waals surface area contributed by atoms with Crippen LogP contribution in [-0.4, -0.2) is 39.0 Å². The molecule has 0 saturated heterocycles. The van der Waals surface area contributed by atoms with E-state index in [-0.39, 0.29) is 24.7 Å². The van der Waals surface area contributed by atoms with Gasteiger partial charge in [-0.25, -0.2) is 9.37 Å². The van der Waals surface area contributed by atoms with Crippen molar-refractivity contribution < 1.29 is 13.9 Å². The van der Waals surface area contributed by atoms with Gasteiger partial charge < -0.3 is 15.4 Å². The molecule has 9 heteroatoms. The summed E-state index contributed by atoms with van der Waals surface area (Å²) in [6, 6.07) is 3.31. The van der Waals surface area contributed by atoms with Crippen molar-refractivity contribution in [3.8, 4) is 5.88 Å². The molecule has 4 heterocycles. The fourth-order valence-electron chi connectivity index (χ4n) is 2.86. The molecule has 0 radical (unpaired) electrons. The quantitative estimate of drug-likeness (QED) is 0.692. The van der Waals surface area contributed by atoms with E-state index in [9.17, 15) is 9.18 Å². The third kappa shape index (κ3) is 2.71. The lowest BCUT2D eigenvalue weighted by Gasteiger charge is -2.12. The maximum Gasteiger partial charge on any atom is 0.252 e. The molecule has 4 rings (SSSR count). The Labute approximate surface area is 148 Å². The van der Waals surface area contributed by atoms with Gasteiger partial charge in [0.2, 0.25) is 0 Å². The van der Waals surface area contributed by atoms with Crippen LogP contribution in [-0.2, 0) is 0 Å². The van der Waals surface area contributed by atoms with Gasteiger partial charge in [-0.3, -0.25) is 4.79 Å². The van der Waals surface area contributed by atoms with E-state index in [1.807, 2.05) is 0 Å². The van der Waals surface area contributed by atoms with Crippen LogP contribution in [0, 0.1) is 12.7 Å². The molecule has 0 fully saturated rings. The number of hydrogen-bond donors (Lipinski definition) is 2. The smallest absolute Gasteiger partial charge is 0.252 e. The van der Waals surface area contributed by atoms with Gasteiger partial charge in [-0.1, -0.05) is 0 Å². The minimum absolute atomic E-state index is 0.0860. The van der Waals surface area contributed by atoms with Crippen molar-refractivity contribution in [3.63, 3.8) is 0 Å². The normalized spacial score (nSPS) is 14.2. The van der Waals surface area contributed by atoms with Crippen LogP contribution in [0.3, 0.4) is 0 Å². The molecule has 2 N–H and O–H groups in total. The predicted octanol–water partition coefficient (Wildman–Crippen LogP) is 2.71. The molecule has 0 aromatic carbocycles. The minimum Gasteiger partial charge on any atom is -0.476 e. The van der Waals surface area contributed by atoms with Crippen LogP contribution in [0.2, 0.25) is 0 Å². The first kappa shape index (κ1) is 16.2. The van der Waals surface area contributed by atoms with Gasteiger partial charge in [0.05, 0.1) is 18.4 Å². The standard InChI is InChI=1S/C17H17FN6O2/c1-9-6-12-21-13-7-14(19-2)24-16(22-13)10(8-20-24)11(25)4-3-5-26-17(23-12)15(9)18/h6-8,19H,3-5H2,1-2H3,(H,21,22,23). The highest BCUT2D eigenvalue weighted by Crippen LogP contribution is 2.26. The Morgan fingerprint density at radius 3 is 2.92 bits per heavy atom. The van der Waals surface area contributed by atoms with Crippen molar-refractivity contribution in [1.82, 2.24) is 19.6 Å². The first-order valence-electron chi connectivity index (χ1n) is 8.23. The molecular formula is C17H17FN6O2. The van der Waals surface area contributed by atoms with E-state index in [1.165, 1.54) is 6.20 Å². The summed E-state index contributed by atoms with van der Waals surface area (Å²) in [5.74, 6) is 0.835. The maximum absolute atomic E-state index is 14.2. The second-order valence-corrected chi connectivity index (χ2v) is 6.01. The lowest BCUT2D eigenvalue weighted by Crippen LogP contribution is -2.06. The van der Waals surface area contributed by atoms with Crippen LogP contribution in [0.4, 0.5) is 21.8 Å². The van der Waals surface area contributed by atoms with Crippen molar-refractivity contribution in [3.05, 3.63) is 35.3 Å². The number of carbonyl (C=O) groups excluding carboxylic acids is 1. The number of Topliss-reactive ketones (excluding diaryl/α,β-unsaturated/α-hetero) is 1. The molecule has 0 atom stereocenters. The van der Waals surface area contributed by atoms with E-state index in [0.29, 0.717) is 40.6 Å². The number of aryl methyl sites for hydroxylation is 1. The number of hydrogen-bond acceptors (Lipinski definition) is 7. The lowest BCUT2D eigenvalue weighted by atomic mass is 10.1. The van der Waals surface area contributed by atoms with Gasteiger partial charge in [-0.15, -0.1) is 0 Å². The molecule has 1 aliphatic rings. The number of rotatable bonds is 1. The minimum atomic E-state index is -0.507. The SMILES string of the molecule is CNc1cc2nc3c(cnn13)C(=O)CCCOc1nc(cc(C)c1F)N2. The molecule has 3 aromatic rings. The van der Waals surface area contributed by atoms with E-state index < -0.39 is 5.82 Å². The molecule has 0 spiro atoms. The molecule has 0 amide bonds. The summed E-state index contributed by atoms with van der Waals surface area (Å²) in [5.41, 5.74) is 1.29. The highest BCUT2D eigenvalue weighted by atomic mass is 19.1. The van der Waals surface area contributed by atoms with E-state index in [1.54, 1.807) is 30.6 Å². The van der Waals surface area contributed by atoms with Gasteiger partial charge in [0, 0.05) is 19.5 Å². The summed E-state index contributed by atoms with van der Waals surface area (Å²) in [5, 5.41) is 10.3. The topological polar surface area (TPSA) is 93.4 Å². The van der Waals surface area contributed by atoms with Crippen LogP contribution < -0.4 is 15.4 Å². The van der Waals surface area contributed by atoms with Gasteiger partial charge in [-0.05, 0) is 25.0 Å². The molecular weight excluding hydrogens is 339 g/mol. The largest absolute Gasteiger partial charge is 0.476 e. The molecule has 8 nitrogen and oxygen atoms in total. The number of pyridine rings is 1. The molecule has 0 unspecified atom stereocenters. The van der Waals surface area contributed by atoms with Gasteiger partial charge in [0.15, 0.2) is 17.2 Å². The van der Waals surface area contributed by atoms with Crippen molar-refractivity contribution in [2.45, 2.75) is 19.8 Å². The van der Waals surface area contributed by atoms with Crippen LogP contribution >= 0.6 is 0 Å². The highest BCUT2D eigenvalue weighted by Gasteiger charge is 2.19. The zero-order valence-corrected chi connectivity index (χ0v) is 14.3. The zero-order valence-electron chi connectivity index (χ0n) is 14.3. The Morgan fingerprint density at radius 2 is 2.12 bits per heavy atom.